The van der Waals surface area contributed by atoms with Crippen LogP contribution >= 0.6 is 0 Å². The van der Waals surface area contributed by atoms with E-state index in [1.807, 2.05) is 64.2 Å². The van der Waals surface area contributed by atoms with Crippen molar-refractivity contribution in [1.82, 2.24) is 14.3 Å². The first-order valence-corrected chi connectivity index (χ1v) is 9.24. The van der Waals surface area contributed by atoms with Crippen LogP contribution in [0.2, 0.25) is 0 Å². The Bertz CT molecular complexity index is 862. The third-order valence-electron chi connectivity index (χ3n) is 4.77. The van der Waals surface area contributed by atoms with E-state index in [4.69, 9.17) is 4.74 Å². The standard InChI is InChI=1S/C21H23N3O2/c25-21(23-11-4-1-2-5-12-23)17-8-7-9-19(14-17)26-16-18-15-24-13-6-3-10-20(24)22-18/h3,6-10,13-15H,1-2,4-5,11-12,16H2. The van der Waals surface area contributed by atoms with E-state index in [9.17, 15) is 4.79 Å². The summed E-state index contributed by atoms with van der Waals surface area (Å²) in [4.78, 5) is 19.2. The molecule has 5 heteroatoms. The summed E-state index contributed by atoms with van der Waals surface area (Å²) in [6.45, 7) is 2.08. The van der Waals surface area contributed by atoms with Crippen molar-refractivity contribution in [2.75, 3.05) is 13.1 Å². The summed E-state index contributed by atoms with van der Waals surface area (Å²) in [5.41, 5.74) is 2.45. The minimum atomic E-state index is 0.102. The van der Waals surface area contributed by atoms with Gasteiger partial charge in [0.15, 0.2) is 0 Å². The molecule has 1 aromatic carbocycles. The fourth-order valence-electron chi connectivity index (χ4n) is 3.39. The SMILES string of the molecule is O=C(c1cccc(OCc2cn3ccccc3n2)c1)N1CCCCCC1. The first-order valence-electron chi connectivity index (χ1n) is 9.24. The molecule has 1 amide bonds. The largest absolute Gasteiger partial charge is 0.487 e. The lowest BCUT2D eigenvalue weighted by atomic mass is 10.2. The second-order valence-corrected chi connectivity index (χ2v) is 6.72. The number of imidazole rings is 1. The molecule has 134 valence electrons. The Labute approximate surface area is 153 Å². The Morgan fingerprint density at radius 2 is 1.88 bits per heavy atom. The molecule has 1 saturated heterocycles. The normalized spacial score (nSPS) is 15.0. The van der Waals surface area contributed by atoms with E-state index < -0.39 is 0 Å². The Balaban J connectivity index is 1.44. The molecule has 0 radical (unpaired) electrons. The molecule has 1 aliphatic heterocycles. The van der Waals surface area contributed by atoms with E-state index in [0.717, 1.165) is 37.3 Å². The summed E-state index contributed by atoms with van der Waals surface area (Å²) in [7, 11) is 0. The first kappa shape index (κ1) is 16.6. The van der Waals surface area contributed by atoms with E-state index in [1.165, 1.54) is 12.8 Å². The molecule has 5 nitrogen and oxygen atoms in total. The minimum absolute atomic E-state index is 0.102. The quantitative estimate of drug-likeness (QED) is 0.717. The number of carbonyl (C=O) groups excluding carboxylic acids is 1. The van der Waals surface area contributed by atoms with Gasteiger partial charge in [0.2, 0.25) is 0 Å². The van der Waals surface area contributed by atoms with Gasteiger partial charge >= 0.3 is 0 Å². The summed E-state index contributed by atoms with van der Waals surface area (Å²) in [5.74, 6) is 0.799. The highest BCUT2D eigenvalue weighted by atomic mass is 16.5. The van der Waals surface area contributed by atoms with E-state index in [1.54, 1.807) is 0 Å². The highest BCUT2D eigenvalue weighted by molar-refractivity contribution is 5.94. The highest BCUT2D eigenvalue weighted by Gasteiger charge is 2.17. The van der Waals surface area contributed by atoms with Gasteiger partial charge in [-0.3, -0.25) is 4.79 Å². The molecule has 0 N–H and O–H groups in total. The number of ether oxygens (including phenoxy) is 1. The topological polar surface area (TPSA) is 46.8 Å². The maximum absolute atomic E-state index is 12.8. The molecule has 0 bridgehead atoms. The van der Waals surface area contributed by atoms with Gasteiger partial charge in [-0.15, -0.1) is 0 Å². The van der Waals surface area contributed by atoms with Gasteiger partial charge in [0.25, 0.3) is 5.91 Å². The Morgan fingerprint density at radius 1 is 1.04 bits per heavy atom. The van der Waals surface area contributed by atoms with Crippen LogP contribution in [0.15, 0.2) is 54.9 Å². The smallest absolute Gasteiger partial charge is 0.253 e. The summed E-state index contributed by atoms with van der Waals surface area (Å²) in [6, 6.07) is 13.4. The number of nitrogens with zero attached hydrogens (tertiary/aromatic N) is 3. The average molecular weight is 349 g/mol. The summed E-state index contributed by atoms with van der Waals surface area (Å²) in [6.07, 6.45) is 8.54. The maximum atomic E-state index is 12.8. The molecule has 3 aromatic rings. The van der Waals surface area contributed by atoms with Gasteiger partial charge in [0, 0.05) is 31.0 Å². The van der Waals surface area contributed by atoms with Gasteiger partial charge in [-0.2, -0.15) is 0 Å². The number of hydrogen-bond donors (Lipinski definition) is 0. The monoisotopic (exact) mass is 349 g/mol. The van der Waals surface area contributed by atoms with E-state index in [-0.39, 0.29) is 5.91 Å². The van der Waals surface area contributed by atoms with Crippen LogP contribution < -0.4 is 4.74 Å². The molecule has 0 saturated carbocycles. The number of aromatic nitrogens is 2. The van der Waals surface area contributed by atoms with Crippen molar-refractivity contribution in [3.63, 3.8) is 0 Å². The lowest BCUT2D eigenvalue weighted by molar-refractivity contribution is 0.0761. The number of rotatable bonds is 4. The average Bonchev–Trinajstić information content (AvgIpc) is 2.90. The number of fused-ring (bicyclic) bond motifs is 1. The molecule has 0 spiro atoms. The van der Waals surface area contributed by atoms with E-state index in [0.29, 0.717) is 17.9 Å². The molecule has 1 fully saturated rings. The zero-order valence-corrected chi connectivity index (χ0v) is 14.8. The molecule has 4 rings (SSSR count). The number of likely N-dealkylation sites (tertiary alicyclic amines) is 1. The molecule has 1 aliphatic rings. The number of pyridine rings is 1. The van der Waals surface area contributed by atoms with E-state index in [2.05, 4.69) is 4.98 Å². The van der Waals surface area contributed by atoms with Crippen molar-refractivity contribution in [3.8, 4) is 5.75 Å². The minimum Gasteiger partial charge on any atom is -0.487 e. The van der Waals surface area contributed by atoms with Crippen molar-refractivity contribution in [2.24, 2.45) is 0 Å². The van der Waals surface area contributed by atoms with Crippen LogP contribution in [-0.4, -0.2) is 33.3 Å². The number of carbonyl (C=O) groups is 1. The summed E-state index contributed by atoms with van der Waals surface area (Å²) in [5, 5.41) is 0. The molecule has 3 heterocycles. The van der Waals surface area contributed by atoms with Gasteiger partial charge in [0.05, 0.1) is 5.69 Å². The number of amides is 1. The van der Waals surface area contributed by atoms with Gasteiger partial charge in [-0.25, -0.2) is 4.98 Å². The summed E-state index contributed by atoms with van der Waals surface area (Å²) < 4.78 is 7.85. The predicted molar refractivity (Wildman–Crippen MR) is 100 cm³/mol. The summed E-state index contributed by atoms with van der Waals surface area (Å²) >= 11 is 0. The van der Waals surface area contributed by atoms with Gasteiger partial charge in [-0.05, 0) is 43.2 Å². The van der Waals surface area contributed by atoms with Gasteiger partial charge < -0.3 is 14.0 Å². The van der Waals surface area contributed by atoms with Crippen molar-refractivity contribution in [2.45, 2.75) is 32.3 Å². The third kappa shape index (κ3) is 3.72. The van der Waals surface area contributed by atoms with Crippen molar-refractivity contribution >= 4 is 11.6 Å². The zero-order valence-electron chi connectivity index (χ0n) is 14.8. The van der Waals surface area contributed by atoms with Crippen LogP contribution in [0.5, 0.6) is 5.75 Å². The van der Waals surface area contributed by atoms with E-state index >= 15 is 0 Å². The number of benzene rings is 1. The highest BCUT2D eigenvalue weighted by Crippen LogP contribution is 2.19. The second kappa shape index (κ2) is 7.60. The lowest BCUT2D eigenvalue weighted by Crippen LogP contribution is -2.31. The second-order valence-electron chi connectivity index (χ2n) is 6.72. The zero-order chi connectivity index (χ0) is 17.8. The van der Waals surface area contributed by atoms with Gasteiger partial charge in [0.1, 0.15) is 18.0 Å². The fraction of sp³-hybridized carbons (Fsp3) is 0.333. The predicted octanol–water partition coefficient (Wildman–Crippen LogP) is 3.93. The lowest BCUT2D eigenvalue weighted by Gasteiger charge is -2.20. The molecule has 0 unspecified atom stereocenters. The van der Waals surface area contributed by atoms with Crippen LogP contribution in [0.4, 0.5) is 0 Å². The Kier molecular flexibility index (Phi) is 4.86. The molecule has 26 heavy (non-hydrogen) atoms. The molecule has 0 atom stereocenters. The Hall–Kier alpha value is -2.82. The van der Waals surface area contributed by atoms with Crippen LogP contribution in [0.1, 0.15) is 41.7 Å². The Morgan fingerprint density at radius 3 is 2.69 bits per heavy atom. The third-order valence-corrected chi connectivity index (χ3v) is 4.77. The maximum Gasteiger partial charge on any atom is 0.253 e. The van der Waals surface area contributed by atoms with Crippen molar-refractivity contribution < 1.29 is 9.53 Å². The molecular weight excluding hydrogens is 326 g/mol. The number of hydrogen-bond acceptors (Lipinski definition) is 3. The van der Waals surface area contributed by atoms with Crippen molar-refractivity contribution in [3.05, 3.63) is 66.1 Å². The fourth-order valence-corrected chi connectivity index (χ4v) is 3.39. The van der Waals surface area contributed by atoms with Crippen LogP contribution in [0.25, 0.3) is 5.65 Å². The van der Waals surface area contributed by atoms with Gasteiger partial charge in [-0.1, -0.05) is 25.0 Å². The first-order chi connectivity index (χ1) is 12.8. The molecule has 2 aromatic heterocycles. The van der Waals surface area contributed by atoms with Crippen LogP contribution in [-0.2, 0) is 6.61 Å². The molecule has 0 aliphatic carbocycles. The van der Waals surface area contributed by atoms with Crippen molar-refractivity contribution in [1.29, 1.82) is 0 Å². The van der Waals surface area contributed by atoms with Crippen LogP contribution in [0.3, 0.4) is 0 Å². The molecular formula is C21H23N3O2. The van der Waals surface area contributed by atoms with Crippen LogP contribution in [0, 0.1) is 0 Å².